The molecule has 3 aromatic rings. The molecule has 6 nitrogen and oxygen atoms in total. The van der Waals surface area contributed by atoms with Gasteiger partial charge in [-0.1, -0.05) is 0 Å². The molecule has 1 aliphatic rings. The van der Waals surface area contributed by atoms with Crippen molar-refractivity contribution in [1.82, 2.24) is 19.9 Å². The Balaban J connectivity index is 1.35. The SMILES string of the molecule is O=C(c1ccc2nc[nH]c2c1)N1CC(Oc2ccc(C(F)(F)F)cn2)C1. The molecule has 1 saturated heterocycles. The van der Waals surface area contributed by atoms with Crippen molar-refractivity contribution >= 4 is 16.9 Å². The summed E-state index contributed by atoms with van der Waals surface area (Å²) in [6.45, 7) is 0.700. The Hall–Kier alpha value is -3.10. The number of aromatic amines is 1. The lowest BCUT2D eigenvalue weighted by Gasteiger charge is -2.38. The highest BCUT2D eigenvalue weighted by atomic mass is 19.4. The van der Waals surface area contributed by atoms with Crippen molar-refractivity contribution in [2.45, 2.75) is 12.3 Å². The van der Waals surface area contributed by atoms with Gasteiger partial charge >= 0.3 is 6.18 Å². The average Bonchev–Trinajstić information content (AvgIpc) is 3.04. The van der Waals surface area contributed by atoms with Crippen LogP contribution in [0.4, 0.5) is 13.2 Å². The lowest BCUT2D eigenvalue weighted by Crippen LogP contribution is -2.56. The number of halogens is 3. The van der Waals surface area contributed by atoms with E-state index in [-0.39, 0.29) is 17.9 Å². The predicted octanol–water partition coefficient (Wildman–Crippen LogP) is 2.88. The fourth-order valence-corrected chi connectivity index (χ4v) is 2.72. The molecule has 134 valence electrons. The zero-order chi connectivity index (χ0) is 18.3. The van der Waals surface area contributed by atoms with E-state index in [4.69, 9.17) is 4.74 Å². The molecular formula is C17H13F3N4O2. The number of fused-ring (bicyclic) bond motifs is 1. The number of alkyl halides is 3. The molecule has 26 heavy (non-hydrogen) atoms. The Labute approximate surface area is 145 Å². The molecule has 1 aromatic carbocycles. The van der Waals surface area contributed by atoms with Crippen LogP contribution in [0.2, 0.25) is 0 Å². The van der Waals surface area contributed by atoms with E-state index < -0.39 is 11.7 Å². The van der Waals surface area contributed by atoms with Gasteiger partial charge in [0.05, 0.1) is 36.0 Å². The van der Waals surface area contributed by atoms with Gasteiger partial charge in [-0.2, -0.15) is 13.2 Å². The van der Waals surface area contributed by atoms with Gasteiger partial charge in [-0.3, -0.25) is 4.79 Å². The van der Waals surface area contributed by atoms with Crippen LogP contribution in [0.5, 0.6) is 5.88 Å². The van der Waals surface area contributed by atoms with E-state index in [1.165, 1.54) is 6.07 Å². The van der Waals surface area contributed by atoms with Gasteiger partial charge in [0, 0.05) is 17.8 Å². The van der Waals surface area contributed by atoms with Crippen LogP contribution in [-0.4, -0.2) is 45.0 Å². The number of imidazole rings is 1. The molecule has 1 fully saturated rings. The first-order valence-corrected chi connectivity index (χ1v) is 7.82. The number of benzene rings is 1. The number of carbonyl (C=O) groups is 1. The molecular weight excluding hydrogens is 349 g/mol. The number of H-pyrrole nitrogens is 1. The highest BCUT2D eigenvalue weighted by Gasteiger charge is 2.34. The first-order chi connectivity index (χ1) is 12.4. The van der Waals surface area contributed by atoms with Crippen molar-refractivity contribution in [3.05, 3.63) is 54.0 Å². The van der Waals surface area contributed by atoms with Gasteiger partial charge in [0.2, 0.25) is 5.88 Å². The molecule has 0 atom stereocenters. The third kappa shape index (κ3) is 3.07. The van der Waals surface area contributed by atoms with E-state index in [1.807, 2.05) is 0 Å². The van der Waals surface area contributed by atoms with Crippen LogP contribution in [0.1, 0.15) is 15.9 Å². The number of carbonyl (C=O) groups excluding carboxylic acids is 1. The van der Waals surface area contributed by atoms with E-state index in [2.05, 4.69) is 15.0 Å². The van der Waals surface area contributed by atoms with Gasteiger partial charge in [-0.15, -0.1) is 0 Å². The topological polar surface area (TPSA) is 71.1 Å². The Morgan fingerprint density at radius 3 is 2.69 bits per heavy atom. The van der Waals surface area contributed by atoms with Crippen LogP contribution in [-0.2, 0) is 6.18 Å². The summed E-state index contributed by atoms with van der Waals surface area (Å²) < 4.78 is 43.0. The highest BCUT2D eigenvalue weighted by molar-refractivity contribution is 5.97. The number of aromatic nitrogens is 3. The summed E-state index contributed by atoms with van der Waals surface area (Å²) in [4.78, 5) is 24.8. The number of nitrogens with zero attached hydrogens (tertiary/aromatic N) is 3. The molecule has 0 unspecified atom stereocenters. The van der Waals surface area contributed by atoms with E-state index in [1.54, 1.807) is 29.4 Å². The van der Waals surface area contributed by atoms with Crippen LogP contribution in [0.25, 0.3) is 11.0 Å². The second kappa shape index (κ2) is 6.01. The maximum atomic E-state index is 12.5. The number of pyridine rings is 1. The summed E-state index contributed by atoms with van der Waals surface area (Å²) in [5.74, 6) is -0.0318. The molecule has 1 N–H and O–H groups in total. The zero-order valence-corrected chi connectivity index (χ0v) is 13.3. The van der Waals surface area contributed by atoms with Crippen molar-refractivity contribution in [3.63, 3.8) is 0 Å². The van der Waals surface area contributed by atoms with Crippen molar-refractivity contribution in [2.75, 3.05) is 13.1 Å². The third-order valence-electron chi connectivity index (χ3n) is 4.15. The summed E-state index contributed by atoms with van der Waals surface area (Å²) in [7, 11) is 0. The molecule has 9 heteroatoms. The zero-order valence-electron chi connectivity index (χ0n) is 13.3. The summed E-state index contributed by atoms with van der Waals surface area (Å²) in [5.41, 5.74) is 1.26. The van der Waals surface area contributed by atoms with Crippen LogP contribution in [0.15, 0.2) is 42.9 Å². The van der Waals surface area contributed by atoms with Crippen molar-refractivity contribution in [2.24, 2.45) is 0 Å². The Morgan fingerprint density at radius 1 is 1.19 bits per heavy atom. The second-order valence-electron chi connectivity index (χ2n) is 5.97. The number of amides is 1. The minimum Gasteiger partial charge on any atom is -0.471 e. The first-order valence-electron chi connectivity index (χ1n) is 7.82. The molecule has 0 aliphatic carbocycles. The van der Waals surface area contributed by atoms with E-state index in [0.717, 1.165) is 23.3 Å². The largest absolute Gasteiger partial charge is 0.471 e. The smallest absolute Gasteiger partial charge is 0.417 e. The second-order valence-corrected chi connectivity index (χ2v) is 5.97. The Bertz CT molecular complexity index is 947. The quantitative estimate of drug-likeness (QED) is 0.778. The van der Waals surface area contributed by atoms with E-state index in [9.17, 15) is 18.0 Å². The van der Waals surface area contributed by atoms with Crippen LogP contribution in [0.3, 0.4) is 0 Å². The molecule has 4 rings (SSSR count). The van der Waals surface area contributed by atoms with Crippen LogP contribution < -0.4 is 4.74 Å². The van der Waals surface area contributed by atoms with Crippen molar-refractivity contribution < 1.29 is 22.7 Å². The summed E-state index contributed by atoms with van der Waals surface area (Å²) in [6.07, 6.45) is -2.43. The number of nitrogens with one attached hydrogen (secondary N) is 1. The van der Waals surface area contributed by atoms with Gasteiger partial charge in [-0.25, -0.2) is 9.97 Å². The molecule has 3 heterocycles. The fraction of sp³-hybridized carbons (Fsp3) is 0.235. The number of hydrogen-bond donors (Lipinski definition) is 1. The van der Waals surface area contributed by atoms with E-state index >= 15 is 0 Å². The van der Waals surface area contributed by atoms with Crippen molar-refractivity contribution in [1.29, 1.82) is 0 Å². The van der Waals surface area contributed by atoms with Gasteiger partial charge < -0.3 is 14.6 Å². The normalized spacial score (nSPS) is 15.1. The first kappa shape index (κ1) is 16.4. The molecule has 1 amide bonds. The molecule has 1 aliphatic heterocycles. The summed E-state index contributed by atoms with van der Waals surface area (Å²) in [5, 5.41) is 0. The summed E-state index contributed by atoms with van der Waals surface area (Å²) in [6, 6.07) is 7.30. The monoisotopic (exact) mass is 362 g/mol. The lowest BCUT2D eigenvalue weighted by atomic mass is 10.1. The number of hydrogen-bond acceptors (Lipinski definition) is 4. The average molecular weight is 362 g/mol. The van der Waals surface area contributed by atoms with Crippen LogP contribution in [0, 0.1) is 0 Å². The van der Waals surface area contributed by atoms with Gasteiger partial charge in [0.15, 0.2) is 0 Å². The van der Waals surface area contributed by atoms with Gasteiger partial charge in [0.1, 0.15) is 6.10 Å². The lowest BCUT2D eigenvalue weighted by molar-refractivity contribution is -0.137. The van der Waals surface area contributed by atoms with Gasteiger partial charge in [-0.05, 0) is 24.3 Å². The minimum atomic E-state index is -4.43. The molecule has 0 saturated carbocycles. The molecule has 0 bridgehead atoms. The van der Waals surface area contributed by atoms with Crippen molar-refractivity contribution in [3.8, 4) is 5.88 Å². The molecule has 2 aromatic heterocycles. The van der Waals surface area contributed by atoms with Gasteiger partial charge in [0.25, 0.3) is 5.91 Å². The maximum Gasteiger partial charge on any atom is 0.417 e. The van der Waals surface area contributed by atoms with E-state index in [0.29, 0.717) is 18.7 Å². The Kier molecular flexibility index (Phi) is 3.78. The number of likely N-dealkylation sites (tertiary alicyclic amines) is 1. The molecule has 0 radical (unpaired) electrons. The maximum absolute atomic E-state index is 12.5. The standard InChI is InChI=1S/C17H13F3N4O2/c18-17(19,20)11-2-4-15(21-6-11)26-12-7-24(8-12)16(25)10-1-3-13-14(5-10)23-9-22-13/h1-6,9,12H,7-8H2,(H,22,23). The highest BCUT2D eigenvalue weighted by Crippen LogP contribution is 2.29. The number of rotatable bonds is 3. The third-order valence-corrected chi connectivity index (χ3v) is 4.15. The Morgan fingerprint density at radius 2 is 2.00 bits per heavy atom. The predicted molar refractivity (Wildman–Crippen MR) is 85.7 cm³/mol. The number of ether oxygens (including phenoxy) is 1. The van der Waals surface area contributed by atoms with Crippen LogP contribution >= 0.6 is 0 Å². The fourth-order valence-electron chi connectivity index (χ4n) is 2.72. The molecule has 0 spiro atoms. The summed E-state index contributed by atoms with van der Waals surface area (Å²) >= 11 is 0. The minimum absolute atomic E-state index is 0.106.